The second-order valence-electron chi connectivity index (χ2n) is 6.67. The number of carbonyl (C=O) groups is 1. The van der Waals surface area contributed by atoms with Gasteiger partial charge in [0.2, 0.25) is 10.0 Å². The molecule has 2 aromatic carbocycles. The monoisotopic (exact) mass is 419 g/mol. The van der Waals surface area contributed by atoms with E-state index in [2.05, 4.69) is 4.72 Å². The lowest BCUT2D eigenvalue weighted by molar-refractivity contribution is -0.113. The van der Waals surface area contributed by atoms with Crippen molar-refractivity contribution in [3.05, 3.63) is 54.1 Å². The molecule has 29 heavy (non-hydrogen) atoms. The van der Waals surface area contributed by atoms with E-state index in [1.54, 1.807) is 25.2 Å². The maximum atomic E-state index is 12.3. The summed E-state index contributed by atoms with van der Waals surface area (Å²) in [5.41, 5.74) is 1.08. The first kappa shape index (κ1) is 22.4. The number of nitrogens with zero attached hydrogens (tertiary/aromatic N) is 2. The Balaban J connectivity index is 2.05. The molecule has 0 radical (unpaired) electrons. The Labute approximate surface area is 170 Å². The fourth-order valence-corrected chi connectivity index (χ4v) is 3.41. The van der Waals surface area contributed by atoms with Crippen LogP contribution in [0.15, 0.2) is 53.4 Å². The van der Waals surface area contributed by atoms with Crippen LogP contribution in [0.25, 0.3) is 6.08 Å². The van der Waals surface area contributed by atoms with E-state index < -0.39 is 10.0 Å². The van der Waals surface area contributed by atoms with Gasteiger partial charge in [0.05, 0.1) is 4.90 Å². The molecule has 0 unspecified atom stereocenters. The number of phenolic OH excluding ortho intramolecular Hbond substituents is 2. The van der Waals surface area contributed by atoms with Crippen molar-refractivity contribution in [3.63, 3.8) is 0 Å². The van der Waals surface area contributed by atoms with Crippen LogP contribution in [-0.2, 0) is 14.8 Å². The molecule has 2 rings (SSSR count). The molecule has 0 atom stereocenters. The number of benzene rings is 2. The van der Waals surface area contributed by atoms with Crippen molar-refractivity contribution < 1.29 is 23.4 Å². The predicted octanol–water partition coefficient (Wildman–Crippen LogP) is 1.61. The van der Waals surface area contributed by atoms with Crippen LogP contribution in [0.3, 0.4) is 0 Å². The summed E-state index contributed by atoms with van der Waals surface area (Å²) in [4.78, 5) is 15.7. The average Bonchev–Trinajstić information content (AvgIpc) is 2.67. The van der Waals surface area contributed by atoms with Crippen LogP contribution in [0.5, 0.6) is 11.5 Å². The van der Waals surface area contributed by atoms with Gasteiger partial charge in [0, 0.05) is 31.9 Å². The number of likely N-dealkylation sites (N-methyl/N-ethyl adjacent to an activating group) is 2. The zero-order chi connectivity index (χ0) is 21.6. The van der Waals surface area contributed by atoms with Crippen molar-refractivity contribution >= 4 is 27.7 Å². The summed E-state index contributed by atoms with van der Waals surface area (Å²) in [5.74, 6) is -0.849. The number of hydrogen-bond donors (Lipinski definition) is 3. The molecule has 8 nitrogen and oxygen atoms in total. The summed E-state index contributed by atoms with van der Waals surface area (Å²) in [7, 11) is 1.67. The third-order valence-electron chi connectivity index (χ3n) is 4.13. The number of aromatic hydroxyl groups is 2. The lowest BCUT2D eigenvalue weighted by Gasteiger charge is -2.16. The Kier molecular flexibility index (Phi) is 7.38. The molecule has 0 aliphatic rings. The number of sulfonamides is 1. The van der Waals surface area contributed by atoms with E-state index >= 15 is 0 Å². The van der Waals surface area contributed by atoms with Crippen LogP contribution in [0.1, 0.15) is 5.56 Å². The highest BCUT2D eigenvalue weighted by Gasteiger charge is 2.15. The van der Waals surface area contributed by atoms with Gasteiger partial charge in [-0.05, 0) is 62.1 Å². The smallest absolute Gasteiger partial charge is 0.250 e. The molecule has 1 amide bonds. The minimum atomic E-state index is -3.61. The van der Waals surface area contributed by atoms with Gasteiger partial charge in [0.1, 0.15) is 0 Å². The standard InChI is InChI=1S/C20H25N3O5S/c1-22(2)13-12-21-29(27,28)17-8-6-16(7-9-17)23(3)20(26)11-5-15-4-10-18(24)19(25)14-15/h4-11,14,21,24-25H,12-13H2,1-3H3/b11-5+. The Bertz CT molecular complexity index is 986. The van der Waals surface area contributed by atoms with E-state index in [9.17, 15) is 23.4 Å². The molecule has 0 aromatic heterocycles. The van der Waals surface area contributed by atoms with E-state index in [1.807, 2.05) is 19.0 Å². The molecule has 0 spiro atoms. The van der Waals surface area contributed by atoms with Gasteiger partial charge in [-0.25, -0.2) is 13.1 Å². The molecule has 2 aromatic rings. The second kappa shape index (κ2) is 9.55. The first-order chi connectivity index (χ1) is 13.6. The first-order valence-electron chi connectivity index (χ1n) is 8.82. The minimum Gasteiger partial charge on any atom is -0.504 e. The summed E-state index contributed by atoms with van der Waals surface area (Å²) in [6.45, 7) is 0.882. The average molecular weight is 420 g/mol. The molecule has 0 aliphatic heterocycles. The molecular weight excluding hydrogens is 394 g/mol. The number of anilines is 1. The molecule has 0 fully saturated rings. The fourth-order valence-electron chi connectivity index (χ4n) is 2.39. The van der Waals surface area contributed by atoms with E-state index in [0.29, 0.717) is 24.3 Å². The van der Waals surface area contributed by atoms with Gasteiger partial charge in [0.15, 0.2) is 11.5 Å². The van der Waals surface area contributed by atoms with Crippen LogP contribution in [-0.4, -0.2) is 63.7 Å². The Morgan fingerprint density at radius 2 is 1.69 bits per heavy atom. The number of rotatable bonds is 8. The molecule has 0 bridgehead atoms. The SMILES string of the molecule is CN(C)CCNS(=O)(=O)c1ccc(N(C)C(=O)/C=C/c2ccc(O)c(O)c2)cc1. The zero-order valence-electron chi connectivity index (χ0n) is 16.5. The van der Waals surface area contributed by atoms with Gasteiger partial charge in [-0.2, -0.15) is 0 Å². The van der Waals surface area contributed by atoms with Gasteiger partial charge in [0.25, 0.3) is 5.91 Å². The molecule has 0 aliphatic carbocycles. The zero-order valence-corrected chi connectivity index (χ0v) is 17.3. The molecule has 0 saturated carbocycles. The van der Waals surface area contributed by atoms with E-state index in [-0.39, 0.29) is 22.3 Å². The van der Waals surface area contributed by atoms with Crippen LogP contribution in [0.4, 0.5) is 5.69 Å². The Morgan fingerprint density at radius 3 is 2.28 bits per heavy atom. The maximum absolute atomic E-state index is 12.3. The third-order valence-corrected chi connectivity index (χ3v) is 5.61. The second-order valence-corrected chi connectivity index (χ2v) is 8.44. The van der Waals surface area contributed by atoms with Crippen molar-refractivity contribution in [1.29, 1.82) is 0 Å². The summed E-state index contributed by atoms with van der Waals surface area (Å²) in [5, 5.41) is 18.8. The fraction of sp³-hybridized carbons (Fsp3) is 0.250. The summed E-state index contributed by atoms with van der Waals surface area (Å²) in [6.07, 6.45) is 2.82. The van der Waals surface area contributed by atoms with Crippen LogP contribution in [0, 0.1) is 0 Å². The Morgan fingerprint density at radius 1 is 1.03 bits per heavy atom. The number of hydrogen-bond acceptors (Lipinski definition) is 6. The molecule has 0 saturated heterocycles. The Hall–Kier alpha value is -2.88. The van der Waals surface area contributed by atoms with Crippen LogP contribution >= 0.6 is 0 Å². The number of carbonyl (C=O) groups excluding carboxylic acids is 1. The number of amides is 1. The van der Waals surface area contributed by atoms with Gasteiger partial charge in [-0.1, -0.05) is 6.07 Å². The number of nitrogens with one attached hydrogen (secondary N) is 1. The maximum Gasteiger partial charge on any atom is 0.250 e. The molecular formula is C20H25N3O5S. The van der Waals surface area contributed by atoms with Crippen molar-refractivity contribution in [2.75, 3.05) is 39.1 Å². The summed E-state index contributed by atoms with van der Waals surface area (Å²) < 4.78 is 27.1. The van der Waals surface area contributed by atoms with E-state index in [0.717, 1.165) is 0 Å². The summed E-state index contributed by atoms with van der Waals surface area (Å²) in [6, 6.07) is 10.2. The van der Waals surface area contributed by atoms with Crippen LogP contribution in [0.2, 0.25) is 0 Å². The van der Waals surface area contributed by atoms with E-state index in [4.69, 9.17) is 0 Å². The van der Waals surface area contributed by atoms with Gasteiger partial charge < -0.3 is 20.0 Å². The highest BCUT2D eigenvalue weighted by Crippen LogP contribution is 2.25. The van der Waals surface area contributed by atoms with E-state index in [1.165, 1.54) is 41.3 Å². The van der Waals surface area contributed by atoms with Crippen molar-refractivity contribution in [2.24, 2.45) is 0 Å². The predicted molar refractivity (Wildman–Crippen MR) is 112 cm³/mol. The normalized spacial score (nSPS) is 11.9. The lowest BCUT2D eigenvalue weighted by atomic mass is 10.2. The van der Waals surface area contributed by atoms with Gasteiger partial charge >= 0.3 is 0 Å². The molecule has 156 valence electrons. The van der Waals surface area contributed by atoms with Crippen molar-refractivity contribution in [3.8, 4) is 11.5 Å². The third kappa shape index (κ3) is 6.31. The van der Waals surface area contributed by atoms with Gasteiger partial charge in [-0.3, -0.25) is 4.79 Å². The molecule has 0 heterocycles. The minimum absolute atomic E-state index is 0.121. The molecule has 9 heteroatoms. The lowest BCUT2D eigenvalue weighted by Crippen LogP contribution is -2.31. The summed E-state index contributed by atoms with van der Waals surface area (Å²) >= 11 is 0. The number of phenols is 2. The van der Waals surface area contributed by atoms with Gasteiger partial charge in [-0.15, -0.1) is 0 Å². The first-order valence-corrected chi connectivity index (χ1v) is 10.3. The van der Waals surface area contributed by atoms with Crippen molar-refractivity contribution in [1.82, 2.24) is 9.62 Å². The van der Waals surface area contributed by atoms with Crippen molar-refractivity contribution in [2.45, 2.75) is 4.90 Å². The highest BCUT2D eigenvalue weighted by molar-refractivity contribution is 7.89. The quantitative estimate of drug-likeness (QED) is 0.443. The topological polar surface area (TPSA) is 110 Å². The molecule has 3 N–H and O–H groups in total. The highest BCUT2D eigenvalue weighted by atomic mass is 32.2. The van der Waals surface area contributed by atoms with Crippen LogP contribution < -0.4 is 9.62 Å². The largest absolute Gasteiger partial charge is 0.504 e.